The Balaban J connectivity index is 1.54. The summed E-state index contributed by atoms with van der Waals surface area (Å²) in [6.45, 7) is 0. The molecule has 0 saturated carbocycles. The first-order chi connectivity index (χ1) is 18.8. The Morgan fingerprint density at radius 2 is 1.64 bits per heavy atom. The fraction of sp³-hybridized carbons (Fsp3) is 0.250. The number of phenols is 2. The topological polar surface area (TPSA) is 113 Å². The number of carbonyl (C=O) groups is 2. The van der Waals surface area contributed by atoms with Crippen molar-refractivity contribution in [2.45, 2.75) is 49.9 Å². The highest BCUT2D eigenvalue weighted by Crippen LogP contribution is 2.50. The van der Waals surface area contributed by atoms with Crippen molar-refractivity contribution < 1.29 is 34.4 Å². The Bertz CT molecular complexity index is 1410. The number of allylic oxidation sites excluding steroid dienone is 1. The Labute approximate surface area is 226 Å². The molecule has 2 aliphatic rings. The SMILES string of the molecule is O=C1CCCC2CC(CC(O)(C=Cc3ccccc3)O2)c2c(cc(O)c(C(=O)C=Cc3ccccc3)c2O)O1. The van der Waals surface area contributed by atoms with Gasteiger partial charge in [-0.1, -0.05) is 72.8 Å². The van der Waals surface area contributed by atoms with Gasteiger partial charge in [0.25, 0.3) is 0 Å². The van der Waals surface area contributed by atoms with Gasteiger partial charge in [0.05, 0.1) is 6.10 Å². The third-order valence-corrected chi connectivity index (χ3v) is 7.09. The van der Waals surface area contributed by atoms with E-state index in [0.29, 0.717) is 19.3 Å². The number of hydrogen-bond acceptors (Lipinski definition) is 7. The van der Waals surface area contributed by atoms with Gasteiger partial charge in [0.1, 0.15) is 22.8 Å². The highest BCUT2D eigenvalue weighted by molar-refractivity contribution is 6.11. The second-order valence-corrected chi connectivity index (χ2v) is 9.97. The van der Waals surface area contributed by atoms with Crippen LogP contribution in [-0.4, -0.2) is 39.0 Å². The molecule has 3 aromatic rings. The zero-order valence-electron chi connectivity index (χ0n) is 21.3. The van der Waals surface area contributed by atoms with E-state index in [-0.39, 0.29) is 29.7 Å². The molecule has 3 atom stereocenters. The van der Waals surface area contributed by atoms with Gasteiger partial charge in [0, 0.05) is 24.5 Å². The molecule has 1 fully saturated rings. The lowest BCUT2D eigenvalue weighted by Crippen LogP contribution is -2.42. The van der Waals surface area contributed by atoms with Crippen LogP contribution in [0.2, 0.25) is 0 Å². The molecule has 39 heavy (non-hydrogen) atoms. The predicted octanol–water partition coefficient (Wildman–Crippen LogP) is 5.75. The smallest absolute Gasteiger partial charge is 0.311 e. The van der Waals surface area contributed by atoms with E-state index in [1.165, 1.54) is 12.1 Å². The number of phenolic OH excluding ortho intramolecular Hbond substituents is 2. The first-order valence-electron chi connectivity index (χ1n) is 13.0. The summed E-state index contributed by atoms with van der Waals surface area (Å²) in [7, 11) is 0. The van der Waals surface area contributed by atoms with Gasteiger partial charge in [-0.05, 0) is 48.5 Å². The quantitative estimate of drug-likeness (QED) is 0.168. The van der Waals surface area contributed by atoms with Crippen LogP contribution in [0.25, 0.3) is 12.2 Å². The van der Waals surface area contributed by atoms with Gasteiger partial charge in [0.15, 0.2) is 11.6 Å². The minimum Gasteiger partial charge on any atom is -0.507 e. The van der Waals surface area contributed by atoms with Crippen LogP contribution in [0.3, 0.4) is 0 Å². The molecule has 0 aliphatic carbocycles. The van der Waals surface area contributed by atoms with Crippen LogP contribution in [0.4, 0.5) is 0 Å². The molecule has 0 radical (unpaired) electrons. The highest BCUT2D eigenvalue weighted by atomic mass is 16.6. The van der Waals surface area contributed by atoms with Gasteiger partial charge in [-0.15, -0.1) is 0 Å². The van der Waals surface area contributed by atoms with Crippen molar-refractivity contribution in [1.82, 2.24) is 0 Å². The molecule has 2 bridgehead atoms. The molecular formula is C32H30O7. The monoisotopic (exact) mass is 526 g/mol. The van der Waals surface area contributed by atoms with Gasteiger partial charge < -0.3 is 24.8 Å². The van der Waals surface area contributed by atoms with E-state index < -0.39 is 41.1 Å². The second kappa shape index (κ2) is 11.3. The van der Waals surface area contributed by atoms with Crippen molar-refractivity contribution in [2.24, 2.45) is 0 Å². The Morgan fingerprint density at radius 1 is 0.974 bits per heavy atom. The average Bonchev–Trinajstić information content (AvgIpc) is 2.91. The molecule has 5 rings (SSSR count). The lowest BCUT2D eigenvalue weighted by molar-refractivity contribution is -0.227. The van der Waals surface area contributed by atoms with Crippen molar-refractivity contribution in [3.05, 3.63) is 101 Å². The van der Waals surface area contributed by atoms with Crippen LogP contribution < -0.4 is 4.74 Å². The molecule has 1 saturated heterocycles. The molecule has 7 nitrogen and oxygen atoms in total. The number of ether oxygens (including phenoxy) is 2. The van der Waals surface area contributed by atoms with Gasteiger partial charge in [0.2, 0.25) is 0 Å². The summed E-state index contributed by atoms with van der Waals surface area (Å²) in [6.07, 6.45) is 7.38. The maximum atomic E-state index is 13.1. The molecule has 2 heterocycles. The molecule has 0 aromatic heterocycles. The van der Waals surface area contributed by atoms with Gasteiger partial charge >= 0.3 is 5.97 Å². The van der Waals surface area contributed by atoms with Crippen LogP contribution >= 0.6 is 0 Å². The number of ketones is 1. The van der Waals surface area contributed by atoms with Crippen LogP contribution in [0.5, 0.6) is 17.2 Å². The average molecular weight is 527 g/mol. The van der Waals surface area contributed by atoms with E-state index in [0.717, 1.165) is 11.1 Å². The normalized spacial score (nSPS) is 23.4. The lowest BCUT2D eigenvalue weighted by atomic mass is 9.80. The summed E-state index contributed by atoms with van der Waals surface area (Å²) >= 11 is 0. The molecule has 0 amide bonds. The first-order valence-corrected chi connectivity index (χ1v) is 13.0. The summed E-state index contributed by atoms with van der Waals surface area (Å²) in [5.74, 6) is -4.31. The lowest BCUT2D eigenvalue weighted by Gasteiger charge is -2.41. The molecular weight excluding hydrogens is 496 g/mol. The molecule has 0 spiro atoms. The summed E-state index contributed by atoms with van der Waals surface area (Å²) in [4.78, 5) is 25.7. The summed E-state index contributed by atoms with van der Waals surface area (Å²) < 4.78 is 11.6. The third-order valence-electron chi connectivity index (χ3n) is 7.09. The molecule has 2 aliphatic heterocycles. The molecule has 3 aromatic carbocycles. The van der Waals surface area contributed by atoms with Crippen molar-refractivity contribution in [3.8, 4) is 17.2 Å². The summed E-state index contributed by atoms with van der Waals surface area (Å²) in [6, 6.07) is 19.9. The zero-order chi connectivity index (χ0) is 27.4. The minimum absolute atomic E-state index is 0.0273. The van der Waals surface area contributed by atoms with E-state index in [4.69, 9.17) is 9.47 Å². The van der Waals surface area contributed by atoms with Crippen molar-refractivity contribution >= 4 is 23.9 Å². The predicted molar refractivity (Wildman–Crippen MR) is 146 cm³/mol. The van der Waals surface area contributed by atoms with Crippen molar-refractivity contribution in [3.63, 3.8) is 0 Å². The number of hydrogen-bond donors (Lipinski definition) is 3. The van der Waals surface area contributed by atoms with E-state index in [1.807, 2.05) is 60.7 Å². The number of aromatic hydroxyl groups is 2. The second-order valence-electron chi connectivity index (χ2n) is 9.97. The summed E-state index contributed by atoms with van der Waals surface area (Å²) in [5, 5.41) is 33.6. The van der Waals surface area contributed by atoms with Crippen molar-refractivity contribution in [2.75, 3.05) is 0 Å². The number of aliphatic hydroxyl groups is 1. The van der Waals surface area contributed by atoms with E-state index >= 15 is 0 Å². The minimum atomic E-state index is -1.66. The standard InChI is InChI=1S/C32H30O7/c33-25(15-14-21-8-3-1-4-9-21)30-26(34)19-27-29(31(30)36)23-18-24(12-7-13-28(35)38-27)39-32(37,20-23)17-16-22-10-5-2-6-11-22/h1-6,8-11,14-17,19,23-24,34,36-37H,7,12-13,18,20H2. The van der Waals surface area contributed by atoms with Gasteiger partial charge in [-0.25, -0.2) is 0 Å². The Hall–Kier alpha value is -4.20. The number of fused-ring (bicyclic) bond motifs is 4. The van der Waals surface area contributed by atoms with Gasteiger partial charge in [-0.2, -0.15) is 0 Å². The molecule has 3 N–H and O–H groups in total. The van der Waals surface area contributed by atoms with Crippen molar-refractivity contribution in [1.29, 1.82) is 0 Å². The molecule has 3 unspecified atom stereocenters. The number of benzene rings is 3. The number of esters is 1. The van der Waals surface area contributed by atoms with Crippen LogP contribution in [0, 0.1) is 0 Å². The van der Waals surface area contributed by atoms with Crippen LogP contribution in [-0.2, 0) is 9.53 Å². The molecule has 7 heteroatoms. The van der Waals surface area contributed by atoms with E-state index in [9.17, 15) is 24.9 Å². The fourth-order valence-corrected chi connectivity index (χ4v) is 5.27. The first kappa shape index (κ1) is 26.4. The highest BCUT2D eigenvalue weighted by Gasteiger charge is 2.42. The molecule has 200 valence electrons. The van der Waals surface area contributed by atoms with Crippen LogP contribution in [0.15, 0.2) is 78.9 Å². The van der Waals surface area contributed by atoms with E-state index in [2.05, 4.69) is 0 Å². The van der Waals surface area contributed by atoms with E-state index in [1.54, 1.807) is 18.2 Å². The maximum Gasteiger partial charge on any atom is 0.311 e. The maximum absolute atomic E-state index is 13.1. The zero-order valence-corrected chi connectivity index (χ0v) is 21.3. The Morgan fingerprint density at radius 3 is 2.33 bits per heavy atom. The number of carbonyl (C=O) groups excluding carboxylic acids is 2. The fourth-order valence-electron chi connectivity index (χ4n) is 5.27. The largest absolute Gasteiger partial charge is 0.507 e. The number of rotatable bonds is 5. The van der Waals surface area contributed by atoms with Gasteiger partial charge in [-0.3, -0.25) is 9.59 Å². The van der Waals surface area contributed by atoms with Crippen LogP contribution in [0.1, 0.15) is 65.1 Å². The third kappa shape index (κ3) is 6.11. The Kier molecular flexibility index (Phi) is 7.63. The summed E-state index contributed by atoms with van der Waals surface area (Å²) in [5.41, 5.74) is 1.56.